The topological polar surface area (TPSA) is 0 Å². The molecule has 36 valence electrons. The Bertz CT molecular complexity index is 147. The van der Waals surface area contributed by atoms with E-state index in [1.54, 1.807) is 0 Å². The Morgan fingerprint density at radius 2 is 1.62 bits per heavy atom. The Morgan fingerprint density at radius 3 is 2.00 bits per heavy atom. The Kier molecular flexibility index (Phi) is 2.39. The van der Waals surface area contributed by atoms with Crippen molar-refractivity contribution in [2.24, 2.45) is 0 Å². The second kappa shape index (κ2) is 2.88. The molecule has 1 aromatic rings. The van der Waals surface area contributed by atoms with Gasteiger partial charge in [-0.15, -0.1) is 0 Å². The van der Waals surface area contributed by atoms with E-state index in [-0.39, 0.29) is 0 Å². The van der Waals surface area contributed by atoms with Crippen LogP contribution in [0.25, 0.3) is 0 Å². The van der Waals surface area contributed by atoms with Crippen molar-refractivity contribution in [3.63, 3.8) is 0 Å². The zero-order valence-corrected chi connectivity index (χ0v) is 7.44. The molecule has 0 aliphatic rings. The number of halogens is 1. The molecule has 1 aromatic carbocycles. The first kappa shape index (κ1) is 6.63. The molecule has 0 radical (unpaired) electrons. The second-order valence-electron chi connectivity index (χ2n) is 1.80. The Morgan fingerprint density at radius 1 is 1.12 bits per heavy atom. The van der Waals surface area contributed by atoms with Crippen LogP contribution in [0.15, 0.2) is 24.3 Å². The summed E-state index contributed by atoms with van der Waals surface area (Å²) in [6, 6.07) is 7.94. The maximum atomic E-state index is 5.63. The molecule has 0 unspecified atom stereocenters. The van der Waals surface area contributed by atoms with Crippen LogP contribution < -0.4 is 2.81 Å². The summed E-state index contributed by atoms with van der Waals surface area (Å²) in [5, 5.41) is 0.824. The molecule has 0 aromatic heterocycles. The van der Waals surface area contributed by atoms with E-state index in [9.17, 15) is 0 Å². The van der Waals surface area contributed by atoms with Crippen LogP contribution in [0.3, 0.4) is 0 Å². The van der Waals surface area contributed by atoms with E-state index < -0.39 is 0 Å². The van der Waals surface area contributed by atoms with Crippen LogP contribution in [0.5, 0.6) is 0 Å². The van der Waals surface area contributed by atoms with E-state index in [1.165, 1.54) is 2.81 Å². The van der Waals surface area contributed by atoms with Crippen LogP contribution in [-0.4, -0.2) is 27.9 Å². The van der Waals surface area contributed by atoms with Crippen molar-refractivity contribution in [3.8, 4) is 0 Å². The Labute approximate surface area is 71.3 Å². The standard InChI is InChI=1S/C6H4Cl.Na/c7-6-4-2-1-3-5-6;/h2-5H;. The predicted octanol–water partition coefficient (Wildman–Crippen LogP) is 1.13. The molecular weight excluding hydrogens is 131 g/mol. The van der Waals surface area contributed by atoms with Gasteiger partial charge in [-0.25, -0.2) is 0 Å². The number of hydrogen-bond acceptors (Lipinski definition) is 0. The first-order chi connectivity index (χ1) is 3.79. The summed E-state index contributed by atoms with van der Waals surface area (Å²) in [5.74, 6) is 0. The van der Waals surface area contributed by atoms with Crippen molar-refractivity contribution in [2.75, 3.05) is 0 Å². The van der Waals surface area contributed by atoms with E-state index in [4.69, 9.17) is 11.6 Å². The summed E-state index contributed by atoms with van der Waals surface area (Å²) in [4.78, 5) is 0. The van der Waals surface area contributed by atoms with Crippen molar-refractivity contribution < 1.29 is 0 Å². The molecule has 0 nitrogen and oxygen atoms in total. The van der Waals surface area contributed by atoms with E-state index >= 15 is 0 Å². The van der Waals surface area contributed by atoms with Crippen LogP contribution in [0, 0.1) is 0 Å². The fraction of sp³-hybridized carbons (Fsp3) is 0. The van der Waals surface area contributed by atoms with E-state index in [0.717, 1.165) is 33.0 Å². The van der Waals surface area contributed by atoms with Gasteiger partial charge in [0.1, 0.15) is 0 Å². The van der Waals surface area contributed by atoms with Gasteiger partial charge in [0.15, 0.2) is 0 Å². The first-order valence-electron chi connectivity index (χ1n) is 2.51. The predicted molar refractivity (Wildman–Crippen MR) is 36.8 cm³/mol. The van der Waals surface area contributed by atoms with Crippen molar-refractivity contribution >= 4 is 42.3 Å². The van der Waals surface area contributed by atoms with Gasteiger partial charge in [-0.3, -0.25) is 0 Å². The molecule has 0 saturated heterocycles. The summed E-state index contributed by atoms with van der Waals surface area (Å²) in [6.07, 6.45) is 0. The van der Waals surface area contributed by atoms with Gasteiger partial charge in [-0.05, 0) is 0 Å². The molecule has 1 rings (SSSR count). The minimum atomic E-state index is 0.824. The van der Waals surface area contributed by atoms with Crippen LogP contribution in [-0.2, 0) is 0 Å². The number of benzene rings is 1. The third kappa shape index (κ3) is 1.79. The minimum absolute atomic E-state index is 0.824. The molecule has 0 aliphatic heterocycles. The van der Waals surface area contributed by atoms with Gasteiger partial charge in [0, 0.05) is 0 Å². The fourth-order valence-electron chi connectivity index (χ4n) is 0.533. The molecule has 0 fully saturated rings. The Balaban J connectivity index is 3.03. The number of hydrogen-bond donors (Lipinski definition) is 0. The SMILES string of the molecule is [Na][c]1ccc(Cl)cc1. The average molecular weight is 135 g/mol. The monoisotopic (exact) mass is 134 g/mol. The molecule has 0 spiro atoms. The van der Waals surface area contributed by atoms with Gasteiger partial charge in [0.2, 0.25) is 0 Å². The van der Waals surface area contributed by atoms with Crippen molar-refractivity contribution in [1.82, 2.24) is 0 Å². The molecule has 0 aliphatic carbocycles. The fourth-order valence-corrected chi connectivity index (χ4v) is 0.993. The van der Waals surface area contributed by atoms with Crippen LogP contribution in [0.1, 0.15) is 0 Å². The van der Waals surface area contributed by atoms with Crippen molar-refractivity contribution in [1.29, 1.82) is 0 Å². The summed E-state index contributed by atoms with van der Waals surface area (Å²) >= 11 is 6.74. The van der Waals surface area contributed by atoms with Crippen LogP contribution in [0.4, 0.5) is 0 Å². The molecule has 0 heterocycles. The van der Waals surface area contributed by atoms with Crippen LogP contribution >= 0.6 is 11.6 Å². The maximum absolute atomic E-state index is 5.63. The van der Waals surface area contributed by atoms with Gasteiger partial charge < -0.3 is 0 Å². The first-order valence-corrected chi connectivity index (χ1v) is 3.89. The van der Waals surface area contributed by atoms with Crippen LogP contribution in [0.2, 0.25) is 5.02 Å². The van der Waals surface area contributed by atoms with Gasteiger partial charge in [0.05, 0.1) is 0 Å². The molecule has 0 atom stereocenters. The van der Waals surface area contributed by atoms with E-state index in [2.05, 4.69) is 12.1 Å². The Hall–Kier alpha value is 0.510. The third-order valence-corrected chi connectivity index (χ3v) is 1.93. The van der Waals surface area contributed by atoms with Gasteiger partial charge >= 0.3 is 71.6 Å². The van der Waals surface area contributed by atoms with Gasteiger partial charge in [-0.1, -0.05) is 0 Å². The normalized spacial score (nSPS) is 9.38. The van der Waals surface area contributed by atoms with Crippen molar-refractivity contribution in [3.05, 3.63) is 29.3 Å². The van der Waals surface area contributed by atoms with Crippen molar-refractivity contribution in [2.45, 2.75) is 0 Å². The molecule has 2 heteroatoms. The average Bonchev–Trinajstić information content (AvgIpc) is 1.77. The third-order valence-electron chi connectivity index (χ3n) is 1.01. The summed E-state index contributed by atoms with van der Waals surface area (Å²) < 4.78 is 1.38. The van der Waals surface area contributed by atoms with Gasteiger partial charge in [0.25, 0.3) is 0 Å². The second-order valence-corrected chi connectivity index (χ2v) is 3.39. The summed E-state index contributed by atoms with van der Waals surface area (Å²) in [7, 11) is 0. The van der Waals surface area contributed by atoms with Gasteiger partial charge in [-0.2, -0.15) is 0 Å². The summed E-state index contributed by atoms with van der Waals surface area (Å²) in [5.41, 5.74) is 0. The molecule has 0 N–H and O–H groups in total. The molecular formula is C6H4ClNa. The van der Waals surface area contributed by atoms with E-state index in [1.807, 2.05) is 12.1 Å². The molecule has 0 amide bonds. The molecule has 0 bridgehead atoms. The zero-order chi connectivity index (χ0) is 5.98. The van der Waals surface area contributed by atoms with E-state index in [0.29, 0.717) is 0 Å². The molecule has 0 saturated carbocycles. The quantitative estimate of drug-likeness (QED) is 0.467. The zero-order valence-electron chi connectivity index (χ0n) is 4.69. The summed E-state index contributed by atoms with van der Waals surface area (Å²) in [6.45, 7) is 0. The number of rotatable bonds is 0. The molecule has 8 heavy (non-hydrogen) atoms.